The molecule has 1 saturated heterocycles. The second-order valence-corrected chi connectivity index (χ2v) is 4.07. The van der Waals surface area contributed by atoms with E-state index in [2.05, 4.69) is 31.3 Å². The lowest BCUT2D eigenvalue weighted by atomic mass is 9.97. The molecule has 15 heavy (non-hydrogen) atoms. The molecule has 1 aliphatic heterocycles. The molecule has 1 unspecified atom stereocenters. The Morgan fingerprint density at radius 3 is 2.47 bits per heavy atom. The van der Waals surface area contributed by atoms with Crippen LogP contribution in [0.1, 0.15) is 28.4 Å². The van der Waals surface area contributed by atoms with Crippen LogP contribution in [0.15, 0.2) is 12.1 Å². The number of hydrogen-bond donors (Lipinski definition) is 1. The van der Waals surface area contributed by atoms with E-state index in [1.807, 2.05) is 6.92 Å². The van der Waals surface area contributed by atoms with Crippen molar-refractivity contribution in [1.82, 2.24) is 5.32 Å². The summed E-state index contributed by atoms with van der Waals surface area (Å²) in [5.74, 6) is 0. The van der Waals surface area contributed by atoms with E-state index in [-0.39, 0.29) is 12.2 Å². The minimum Gasteiger partial charge on any atom is -0.439 e. The van der Waals surface area contributed by atoms with Crippen LogP contribution in [-0.4, -0.2) is 12.6 Å². The monoisotopic (exact) mass is 205 g/mol. The maximum Gasteiger partial charge on any atom is 0.407 e. The number of carbonyl (C=O) groups excluding carboxylic acids is 1. The Kier molecular flexibility index (Phi) is 2.39. The van der Waals surface area contributed by atoms with E-state index < -0.39 is 0 Å². The Balaban J connectivity index is 2.36. The van der Waals surface area contributed by atoms with Crippen LogP contribution >= 0.6 is 0 Å². The molecule has 1 aromatic carbocycles. The molecule has 0 aliphatic carbocycles. The molecule has 1 heterocycles. The van der Waals surface area contributed by atoms with E-state index in [9.17, 15) is 4.79 Å². The summed E-state index contributed by atoms with van der Waals surface area (Å²) in [5, 5.41) is 2.67. The molecule has 0 radical (unpaired) electrons. The van der Waals surface area contributed by atoms with E-state index in [0.29, 0.717) is 6.54 Å². The highest BCUT2D eigenvalue weighted by atomic mass is 16.6. The SMILES string of the molecule is Cc1cc(C)c(C2CNC(=O)O2)cc1C. The molecule has 1 fully saturated rings. The van der Waals surface area contributed by atoms with E-state index in [1.165, 1.54) is 16.7 Å². The maximum absolute atomic E-state index is 11.0. The van der Waals surface area contributed by atoms with Crippen molar-refractivity contribution >= 4 is 6.09 Å². The van der Waals surface area contributed by atoms with Crippen LogP contribution in [0.3, 0.4) is 0 Å². The predicted molar refractivity (Wildman–Crippen MR) is 57.9 cm³/mol. The third kappa shape index (κ3) is 1.82. The average molecular weight is 205 g/mol. The van der Waals surface area contributed by atoms with Crippen molar-refractivity contribution in [1.29, 1.82) is 0 Å². The van der Waals surface area contributed by atoms with Crippen molar-refractivity contribution in [3.8, 4) is 0 Å². The first-order valence-corrected chi connectivity index (χ1v) is 5.10. The van der Waals surface area contributed by atoms with Gasteiger partial charge in [0.05, 0.1) is 6.54 Å². The summed E-state index contributed by atoms with van der Waals surface area (Å²) < 4.78 is 5.17. The lowest BCUT2D eigenvalue weighted by Crippen LogP contribution is -2.12. The van der Waals surface area contributed by atoms with Crippen LogP contribution in [0, 0.1) is 20.8 Å². The van der Waals surface area contributed by atoms with Crippen molar-refractivity contribution in [2.24, 2.45) is 0 Å². The third-order valence-corrected chi connectivity index (χ3v) is 2.91. The number of cyclic esters (lactones) is 1. The molecular weight excluding hydrogens is 190 g/mol. The summed E-state index contributed by atoms with van der Waals surface area (Å²) in [6.45, 7) is 6.78. The number of alkyl carbamates (subject to hydrolysis) is 1. The van der Waals surface area contributed by atoms with Gasteiger partial charge in [-0.1, -0.05) is 12.1 Å². The van der Waals surface area contributed by atoms with Crippen molar-refractivity contribution in [3.05, 3.63) is 34.4 Å². The highest BCUT2D eigenvalue weighted by molar-refractivity contribution is 5.69. The van der Waals surface area contributed by atoms with Crippen molar-refractivity contribution < 1.29 is 9.53 Å². The molecule has 3 heteroatoms. The van der Waals surface area contributed by atoms with Crippen LogP contribution in [-0.2, 0) is 4.74 Å². The summed E-state index contributed by atoms with van der Waals surface area (Å²) in [4.78, 5) is 11.0. The fourth-order valence-electron chi connectivity index (χ4n) is 1.89. The largest absolute Gasteiger partial charge is 0.439 e. The molecule has 0 saturated carbocycles. The summed E-state index contributed by atoms with van der Waals surface area (Å²) in [6.07, 6.45) is -0.450. The molecule has 80 valence electrons. The van der Waals surface area contributed by atoms with Crippen LogP contribution in [0.5, 0.6) is 0 Å². The van der Waals surface area contributed by atoms with Gasteiger partial charge in [0.25, 0.3) is 0 Å². The lowest BCUT2D eigenvalue weighted by Gasteiger charge is -2.13. The number of benzene rings is 1. The van der Waals surface area contributed by atoms with Gasteiger partial charge < -0.3 is 10.1 Å². The van der Waals surface area contributed by atoms with E-state index in [4.69, 9.17) is 4.74 Å². The highest BCUT2D eigenvalue weighted by Crippen LogP contribution is 2.26. The smallest absolute Gasteiger partial charge is 0.407 e. The number of rotatable bonds is 1. The topological polar surface area (TPSA) is 38.3 Å². The van der Waals surface area contributed by atoms with E-state index >= 15 is 0 Å². The first-order valence-electron chi connectivity index (χ1n) is 5.10. The van der Waals surface area contributed by atoms with E-state index in [1.54, 1.807) is 0 Å². The fraction of sp³-hybridized carbons (Fsp3) is 0.417. The molecule has 1 N–H and O–H groups in total. The number of carbonyl (C=O) groups is 1. The molecule has 1 amide bonds. The zero-order valence-corrected chi connectivity index (χ0v) is 9.26. The summed E-state index contributed by atoms with van der Waals surface area (Å²) in [5.41, 5.74) is 4.79. The summed E-state index contributed by atoms with van der Waals surface area (Å²) in [6, 6.07) is 4.24. The standard InChI is InChI=1S/C12H15NO2/c1-7-4-9(3)10(5-8(7)2)11-6-13-12(14)15-11/h4-5,11H,6H2,1-3H3,(H,13,14). The molecule has 3 nitrogen and oxygen atoms in total. The van der Waals surface area contributed by atoms with Gasteiger partial charge in [-0.3, -0.25) is 0 Å². The minimum atomic E-state index is -0.322. The molecule has 1 aliphatic rings. The summed E-state index contributed by atoms with van der Waals surface area (Å²) >= 11 is 0. The third-order valence-electron chi connectivity index (χ3n) is 2.91. The van der Waals surface area contributed by atoms with Gasteiger partial charge in [0.1, 0.15) is 6.10 Å². The minimum absolute atomic E-state index is 0.128. The van der Waals surface area contributed by atoms with Gasteiger partial charge in [-0.05, 0) is 43.0 Å². The van der Waals surface area contributed by atoms with Gasteiger partial charge in [0.15, 0.2) is 0 Å². The van der Waals surface area contributed by atoms with Crippen molar-refractivity contribution in [3.63, 3.8) is 0 Å². The highest BCUT2D eigenvalue weighted by Gasteiger charge is 2.25. The quantitative estimate of drug-likeness (QED) is 0.764. The van der Waals surface area contributed by atoms with Gasteiger partial charge in [0.2, 0.25) is 0 Å². The molecule has 0 aromatic heterocycles. The molecule has 2 rings (SSSR count). The predicted octanol–water partition coefficient (Wildman–Crippen LogP) is 2.39. The first kappa shape index (κ1) is 10.0. The second-order valence-electron chi connectivity index (χ2n) is 4.07. The number of amides is 1. The van der Waals surface area contributed by atoms with Gasteiger partial charge in [0, 0.05) is 0 Å². The van der Waals surface area contributed by atoms with Gasteiger partial charge in [-0.25, -0.2) is 4.79 Å². The number of aryl methyl sites for hydroxylation is 3. The van der Waals surface area contributed by atoms with Crippen LogP contribution in [0.2, 0.25) is 0 Å². The summed E-state index contributed by atoms with van der Waals surface area (Å²) in [7, 11) is 0. The molecular formula is C12H15NO2. The normalized spacial score (nSPS) is 19.9. The number of hydrogen-bond acceptors (Lipinski definition) is 2. The Morgan fingerprint density at radius 1 is 1.20 bits per heavy atom. The second kappa shape index (κ2) is 3.57. The van der Waals surface area contributed by atoms with Gasteiger partial charge in [-0.2, -0.15) is 0 Å². The first-order chi connectivity index (χ1) is 7.08. The Labute approximate surface area is 89.4 Å². The van der Waals surface area contributed by atoms with Crippen LogP contribution in [0.4, 0.5) is 4.79 Å². The number of nitrogens with one attached hydrogen (secondary N) is 1. The zero-order chi connectivity index (χ0) is 11.0. The van der Waals surface area contributed by atoms with Crippen molar-refractivity contribution in [2.75, 3.05) is 6.54 Å². The van der Waals surface area contributed by atoms with Gasteiger partial charge >= 0.3 is 6.09 Å². The van der Waals surface area contributed by atoms with Crippen molar-refractivity contribution in [2.45, 2.75) is 26.9 Å². The Bertz CT molecular complexity index is 412. The number of ether oxygens (including phenoxy) is 1. The lowest BCUT2D eigenvalue weighted by molar-refractivity contribution is 0.141. The van der Waals surface area contributed by atoms with Gasteiger partial charge in [-0.15, -0.1) is 0 Å². The Morgan fingerprint density at radius 2 is 1.87 bits per heavy atom. The van der Waals surface area contributed by atoms with Crippen LogP contribution in [0.25, 0.3) is 0 Å². The zero-order valence-electron chi connectivity index (χ0n) is 9.26. The van der Waals surface area contributed by atoms with E-state index in [0.717, 1.165) is 5.56 Å². The molecule has 0 spiro atoms. The molecule has 0 bridgehead atoms. The fourth-order valence-corrected chi connectivity index (χ4v) is 1.89. The maximum atomic E-state index is 11.0. The molecule has 1 atom stereocenters. The Hall–Kier alpha value is -1.51. The van der Waals surface area contributed by atoms with Crippen LogP contribution < -0.4 is 5.32 Å². The average Bonchev–Trinajstić information content (AvgIpc) is 2.58. The molecule has 1 aromatic rings.